The molecule has 2 heterocycles. The molecule has 0 spiro atoms. The summed E-state index contributed by atoms with van der Waals surface area (Å²) in [4.78, 5) is 30.2. The number of carbonyl (C=O) groups is 2. The lowest BCUT2D eigenvalue weighted by molar-refractivity contribution is -0.134. The molecule has 0 aliphatic carbocycles. The van der Waals surface area contributed by atoms with Crippen molar-refractivity contribution >= 4 is 12.0 Å². The summed E-state index contributed by atoms with van der Waals surface area (Å²) in [5.41, 5.74) is 0. The van der Waals surface area contributed by atoms with E-state index in [9.17, 15) is 14.7 Å². The van der Waals surface area contributed by atoms with Crippen molar-refractivity contribution in [2.75, 3.05) is 32.7 Å². The van der Waals surface area contributed by atoms with Crippen LogP contribution in [0.1, 0.15) is 110 Å². The van der Waals surface area contributed by atoms with Gasteiger partial charge in [-0.05, 0) is 32.4 Å². The van der Waals surface area contributed by atoms with Crippen LogP contribution in [-0.2, 0) is 4.79 Å². The summed E-state index contributed by atoms with van der Waals surface area (Å²) < 4.78 is 0. The third kappa shape index (κ3) is 9.29. The van der Waals surface area contributed by atoms with E-state index in [1.165, 1.54) is 94.8 Å². The first kappa shape index (κ1) is 26.9. The summed E-state index contributed by atoms with van der Waals surface area (Å²) in [7, 11) is 0. The van der Waals surface area contributed by atoms with Crippen LogP contribution in [-0.4, -0.2) is 76.6 Å². The number of unbranched alkanes of at least 4 members (excludes halogenated alkanes) is 12. The van der Waals surface area contributed by atoms with Gasteiger partial charge in [0.25, 0.3) is 0 Å². The van der Waals surface area contributed by atoms with Crippen molar-refractivity contribution in [3.8, 4) is 0 Å². The molecule has 2 aliphatic rings. The second kappa shape index (κ2) is 15.5. The standard InChI is InChI=1S/C26H49N3O3/c1-3-5-7-9-11-13-15-17-27(18-16-14-12-10-8-6-4-2)22-25(30)28-20-24-19-23(28)21-29(24)26(31)32/h23-24H,3-22H2,1-2H3,(H,31,32). The molecule has 6 nitrogen and oxygen atoms in total. The van der Waals surface area contributed by atoms with Gasteiger partial charge in [0, 0.05) is 13.1 Å². The summed E-state index contributed by atoms with van der Waals surface area (Å²) in [6.07, 6.45) is 18.1. The minimum Gasteiger partial charge on any atom is -0.465 e. The normalized spacial score (nSPS) is 20.0. The van der Waals surface area contributed by atoms with Crippen molar-refractivity contribution in [1.82, 2.24) is 14.7 Å². The van der Waals surface area contributed by atoms with E-state index in [0.717, 1.165) is 19.5 Å². The Labute approximate surface area is 196 Å². The van der Waals surface area contributed by atoms with Crippen LogP contribution in [0.15, 0.2) is 0 Å². The first-order valence-corrected chi connectivity index (χ1v) is 13.6. The third-order valence-corrected chi connectivity index (χ3v) is 7.32. The van der Waals surface area contributed by atoms with E-state index in [1.807, 2.05) is 4.90 Å². The number of rotatable bonds is 18. The van der Waals surface area contributed by atoms with Crippen molar-refractivity contribution in [2.45, 2.75) is 122 Å². The molecule has 0 aromatic carbocycles. The lowest BCUT2D eigenvalue weighted by Crippen LogP contribution is -2.52. The largest absolute Gasteiger partial charge is 0.465 e. The fraction of sp³-hybridized carbons (Fsp3) is 0.923. The molecule has 186 valence electrons. The average molecular weight is 452 g/mol. The Kier molecular flexibility index (Phi) is 13.1. The Balaban J connectivity index is 1.72. The van der Waals surface area contributed by atoms with Crippen LogP contribution >= 0.6 is 0 Å². The molecule has 2 amide bonds. The van der Waals surface area contributed by atoms with Gasteiger partial charge in [-0.15, -0.1) is 0 Å². The summed E-state index contributed by atoms with van der Waals surface area (Å²) >= 11 is 0. The lowest BCUT2D eigenvalue weighted by atomic mass is 10.1. The van der Waals surface area contributed by atoms with E-state index in [0.29, 0.717) is 19.6 Å². The molecule has 2 bridgehead atoms. The van der Waals surface area contributed by atoms with Crippen LogP contribution < -0.4 is 0 Å². The number of carbonyl (C=O) groups excluding carboxylic acids is 1. The van der Waals surface area contributed by atoms with Gasteiger partial charge in [0.2, 0.25) is 5.91 Å². The molecule has 0 radical (unpaired) electrons. The monoisotopic (exact) mass is 451 g/mol. The fourth-order valence-electron chi connectivity index (χ4n) is 5.34. The first-order valence-electron chi connectivity index (χ1n) is 13.6. The van der Waals surface area contributed by atoms with Gasteiger partial charge in [0.15, 0.2) is 0 Å². The number of nitrogens with zero attached hydrogens (tertiary/aromatic N) is 3. The maximum atomic E-state index is 13.1. The van der Waals surface area contributed by atoms with Crippen molar-refractivity contribution in [2.24, 2.45) is 0 Å². The number of piperazine rings is 1. The van der Waals surface area contributed by atoms with Crippen LogP contribution in [0.25, 0.3) is 0 Å². The molecule has 2 rings (SSSR count). The number of amides is 2. The van der Waals surface area contributed by atoms with Crippen molar-refractivity contribution in [3.63, 3.8) is 0 Å². The molecule has 2 saturated heterocycles. The first-order chi connectivity index (χ1) is 15.6. The van der Waals surface area contributed by atoms with Gasteiger partial charge in [-0.2, -0.15) is 0 Å². The number of fused-ring (bicyclic) bond motifs is 2. The average Bonchev–Trinajstić information content (AvgIpc) is 3.39. The highest BCUT2D eigenvalue weighted by Crippen LogP contribution is 2.30. The quantitative estimate of drug-likeness (QED) is 0.269. The van der Waals surface area contributed by atoms with Crippen LogP contribution in [0.5, 0.6) is 0 Å². The van der Waals surface area contributed by atoms with Crippen LogP contribution in [0, 0.1) is 0 Å². The fourth-order valence-corrected chi connectivity index (χ4v) is 5.34. The second-order valence-corrected chi connectivity index (χ2v) is 10.0. The Hall–Kier alpha value is -1.30. The van der Waals surface area contributed by atoms with E-state index in [1.54, 1.807) is 0 Å². The highest BCUT2D eigenvalue weighted by atomic mass is 16.4. The van der Waals surface area contributed by atoms with E-state index >= 15 is 0 Å². The van der Waals surface area contributed by atoms with Gasteiger partial charge in [-0.1, -0.05) is 90.9 Å². The van der Waals surface area contributed by atoms with Crippen molar-refractivity contribution in [1.29, 1.82) is 0 Å². The zero-order valence-electron chi connectivity index (χ0n) is 20.9. The van der Waals surface area contributed by atoms with Crippen molar-refractivity contribution in [3.05, 3.63) is 0 Å². The highest BCUT2D eigenvalue weighted by molar-refractivity contribution is 5.80. The van der Waals surface area contributed by atoms with Gasteiger partial charge >= 0.3 is 6.09 Å². The molecular formula is C26H49N3O3. The molecular weight excluding hydrogens is 402 g/mol. The topological polar surface area (TPSA) is 64.1 Å². The van der Waals surface area contributed by atoms with Crippen LogP contribution in [0.4, 0.5) is 4.79 Å². The maximum absolute atomic E-state index is 13.1. The smallest absolute Gasteiger partial charge is 0.407 e. The molecule has 2 atom stereocenters. The summed E-state index contributed by atoms with van der Waals surface area (Å²) in [5.74, 6) is 0.202. The Morgan fingerprint density at radius 1 is 0.719 bits per heavy atom. The van der Waals surface area contributed by atoms with Gasteiger partial charge in [-0.3, -0.25) is 9.69 Å². The lowest BCUT2D eigenvalue weighted by Gasteiger charge is -2.34. The van der Waals surface area contributed by atoms with Crippen LogP contribution in [0.3, 0.4) is 0 Å². The molecule has 32 heavy (non-hydrogen) atoms. The van der Waals surface area contributed by atoms with Gasteiger partial charge < -0.3 is 14.9 Å². The van der Waals surface area contributed by atoms with Gasteiger partial charge in [0.05, 0.1) is 18.6 Å². The summed E-state index contributed by atoms with van der Waals surface area (Å²) in [5, 5.41) is 9.30. The highest BCUT2D eigenvalue weighted by Gasteiger charge is 2.47. The molecule has 0 saturated carbocycles. The number of likely N-dealkylation sites (tertiary alicyclic amines) is 2. The van der Waals surface area contributed by atoms with E-state index < -0.39 is 6.09 Å². The molecule has 2 unspecified atom stereocenters. The van der Waals surface area contributed by atoms with Gasteiger partial charge in [0.1, 0.15) is 0 Å². The predicted molar refractivity (Wildman–Crippen MR) is 131 cm³/mol. The molecule has 2 fully saturated rings. The minimum absolute atomic E-state index is 0.00106. The third-order valence-electron chi connectivity index (χ3n) is 7.32. The Bertz CT molecular complexity index is 524. The molecule has 2 aliphatic heterocycles. The minimum atomic E-state index is -0.843. The summed E-state index contributed by atoms with van der Waals surface area (Å²) in [6, 6.07) is 0.0868. The SMILES string of the molecule is CCCCCCCCCN(CCCCCCCCC)CC(=O)N1CC2CC1CN2C(=O)O. The van der Waals surface area contributed by atoms with Crippen molar-refractivity contribution < 1.29 is 14.7 Å². The zero-order valence-corrected chi connectivity index (χ0v) is 20.9. The predicted octanol–water partition coefficient (Wildman–Crippen LogP) is 5.75. The summed E-state index contributed by atoms with van der Waals surface area (Å²) in [6.45, 7) is 8.10. The van der Waals surface area contributed by atoms with Crippen LogP contribution in [0.2, 0.25) is 0 Å². The Morgan fingerprint density at radius 2 is 1.16 bits per heavy atom. The zero-order chi connectivity index (χ0) is 23.2. The number of carboxylic acid groups (broad SMARTS) is 1. The van der Waals surface area contributed by atoms with E-state index in [4.69, 9.17) is 0 Å². The molecule has 0 aromatic rings. The molecule has 1 N–H and O–H groups in total. The second-order valence-electron chi connectivity index (χ2n) is 10.0. The number of hydrogen-bond acceptors (Lipinski definition) is 3. The maximum Gasteiger partial charge on any atom is 0.407 e. The Morgan fingerprint density at radius 3 is 1.59 bits per heavy atom. The van der Waals surface area contributed by atoms with E-state index in [-0.39, 0.29) is 18.0 Å². The number of hydrogen-bond donors (Lipinski definition) is 1. The molecule has 6 heteroatoms. The molecule has 0 aromatic heterocycles. The van der Waals surface area contributed by atoms with Gasteiger partial charge in [-0.25, -0.2) is 4.79 Å². The van der Waals surface area contributed by atoms with E-state index in [2.05, 4.69) is 18.7 Å².